The van der Waals surface area contributed by atoms with Crippen molar-refractivity contribution in [2.45, 2.75) is 24.5 Å². The van der Waals surface area contributed by atoms with Gasteiger partial charge in [0.05, 0.1) is 11.4 Å². The summed E-state index contributed by atoms with van der Waals surface area (Å²) in [4.78, 5) is 12.0. The maximum atomic E-state index is 12.9. The normalized spacial score (nSPS) is 21.9. The third-order valence-electron chi connectivity index (χ3n) is 3.06. The molecule has 1 saturated heterocycles. The molecule has 1 aromatic rings. The molecular weight excluding hydrogens is 337 g/mol. The van der Waals surface area contributed by atoms with Gasteiger partial charge in [0, 0.05) is 4.47 Å². The van der Waals surface area contributed by atoms with Crippen molar-refractivity contribution in [3.8, 4) is 0 Å². The van der Waals surface area contributed by atoms with Gasteiger partial charge in [-0.1, -0.05) is 6.42 Å². The number of carbonyl (C=O) groups excluding carboxylic acids is 1. The van der Waals surface area contributed by atoms with Gasteiger partial charge in [-0.05, 0) is 47.0 Å². The minimum absolute atomic E-state index is 0.0513. The third kappa shape index (κ3) is 3.33. The monoisotopic (exact) mass is 349 g/mol. The molecule has 1 unspecified atom stereocenters. The summed E-state index contributed by atoms with van der Waals surface area (Å²) >= 11 is 3.12. The van der Waals surface area contributed by atoms with Crippen molar-refractivity contribution in [2.75, 3.05) is 11.1 Å². The second kappa shape index (κ2) is 5.58. The van der Waals surface area contributed by atoms with Gasteiger partial charge in [-0.3, -0.25) is 4.79 Å². The first-order valence-corrected chi connectivity index (χ1v) is 8.38. The largest absolute Gasteiger partial charge is 0.324 e. The first kappa shape index (κ1) is 14.5. The van der Waals surface area contributed by atoms with Crippen LogP contribution in [0, 0.1) is 5.82 Å². The maximum Gasteiger partial charge on any atom is 0.242 e. The number of hydrogen-bond acceptors (Lipinski definition) is 3. The minimum Gasteiger partial charge on any atom is -0.324 e. The van der Waals surface area contributed by atoms with Crippen LogP contribution in [-0.2, 0) is 14.6 Å². The highest BCUT2D eigenvalue weighted by molar-refractivity contribution is 9.10. The first-order chi connectivity index (χ1) is 8.90. The predicted octanol–water partition coefficient (Wildman–Crippen LogP) is 2.49. The van der Waals surface area contributed by atoms with Crippen molar-refractivity contribution in [2.24, 2.45) is 0 Å². The summed E-state index contributed by atoms with van der Waals surface area (Å²) in [6.07, 6.45) is 1.67. The summed E-state index contributed by atoms with van der Waals surface area (Å²) < 4.78 is 36.9. The zero-order valence-corrected chi connectivity index (χ0v) is 12.4. The van der Waals surface area contributed by atoms with Gasteiger partial charge in [-0.2, -0.15) is 0 Å². The summed E-state index contributed by atoms with van der Waals surface area (Å²) in [5, 5.41) is 1.53. The Kier molecular flexibility index (Phi) is 4.25. The number of amides is 1. The van der Waals surface area contributed by atoms with Gasteiger partial charge in [-0.25, -0.2) is 12.8 Å². The van der Waals surface area contributed by atoms with E-state index in [0.717, 1.165) is 6.42 Å². The van der Waals surface area contributed by atoms with Crippen LogP contribution in [0.3, 0.4) is 0 Å². The summed E-state index contributed by atoms with van der Waals surface area (Å²) in [5.41, 5.74) is 0.368. The molecule has 7 heteroatoms. The van der Waals surface area contributed by atoms with E-state index in [0.29, 0.717) is 23.0 Å². The highest BCUT2D eigenvalue weighted by atomic mass is 79.9. The molecule has 0 aromatic heterocycles. The molecule has 1 aliphatic rings. The van der Waals surface area contributed by atoms with Crippen molar-refractivity contribution in [1.29, 1.82) is 0 Å². The number of carbonyl (C=O) groups is 1. The van der Waals surface area contributed by atoms with Gasteiger partial charge >= 0.3 is 0 Å². The fourth-order valence-electron chi connectivity index (χ4n) is 2.05. The molecule has 2 rings (SSSR count). The van der Waals surface area contributed by atoms with Crippen LogP contribution in [0.15, 0.2) is 22.7 Å². The molecule has 1 fully saturated rings. The third-order valence-corrected chi connectivity index (χ3v) is 5.89. The number of sulfone groups is 1. The van der Waals surface area contributed by atoms with Crippen LogP contribution in [0.5, 0.6) is 0 Å². The summed E-state index contributed by atoms with van der Waals surface area (Å²) in [6.45, 7) is 0. The van der Waals surface area contributed by atoms with Crippen LogP contribution in [-0.4, -0.2) is 25.3 Å². The highest BCUT2D eigenvalue weighted by Gasteiger charge is 2.34. The van der Waals surface area contributed by atoms with E-state index in [1.165, 1.54) is 18.2 Å². The zero-order chi connectivity index (χ0) is 14.0. The van der Waals surface area contributed by atoms with E-state index in [1.54, 1.807) is 0 Å². The molecule has 1 heterocycles. The fourth-order valence-corrected chi connectivity index (χ4v) is 4.30. The van der Waals surface area contributed by atoms with Crippen LogP contribution < -0.4 is 5.32 Å². The Balaban J connectivity index is 2.17. The lowest BCUT2D eigenvalue weighted by Gasteiger charge is -2.21. The number of halogens is 2. The van der Waals surface area contributed by atoms with E-state index >= 15 is 0 Å². The predicted molar refractivity (Wildman–Crippen MR) is 74.2 cm³/mol. The lowest BCUT2D eigenvalue weighted by atomic mass is 10.2. The van der Waals surface area contributed by atoms with E-state index in [4.69, 9.17) is 0 Å². The molecule has 1 atom stereocenters. The Bertz CT molecular complexity index is 603. The van der Waals surface area contributed by atoms with Crippen LogP contribution in [0.1, 0.15) is 19.3 Å². The van der Waals surface area contributed by atoms with Crippen LogP contribution in [0.25, 0.3) is 0 Å². The lowest BCUT2D eigenvalue weighted by molar-refractivity contribution is -0.116. The SMILES string of the molecule is O=C(Nc1ccc(F)cc1Br)C1CCCCS1(=O)=O. The Morgan fingerprint density at radius 1 is 1.37 bits per heavy atom. The van der Waals surface area contributed by atoms with Gasteiger partial charge in [0.25, 0.3) is 0 Å². The minimum atomic E-state index is -3.37. The molecule has 0 aliphatic carbocycles. The number of rotatable bonds is 2. The van der Waals surface area contributed by atoms with Crippen molar-refractivity contribution >= 4 is 37.4 Å². The second-order valence-corrected chi connectivity index (χ2v) is 7.62. The fraction of sp³-hybridized carbons (Fsp3) is 0.417. The van der Waals surface area contributed by atoms with Crippen LogP contribution >= 0.6 is 15.9 Å². The van der Waals surface area contributed by atoms with Crippen molar-refractivity contribution in [1.82, 2.24) is 0 Å². The molecular formula is C12H13BrFNO3S. The van der Waals surface area contributed by atoms with Gasteiger partial charge in [0.1, 0.15) is 11.1 Å². The molecule has 104 valence electrons. The van der Waals surface area contributed by atoms with Crippen LogP contribution in [0.4, 0.5) is 10.1 Å². The van der Waals surface area contributed by atoms with Crippen molar-refractivity contribution in [3.05, 3.63) is 28.5 Å². The maximum absolute atomic E-state index is 12.9. The molecule has 1 aromatic carbocycles. The summed E-state index contributed by atoms with van der Waals surface area (Å²) in [6, 6.07) is 3.81. The Morgan fingerprint density at radius 2 is 2.11 bits per heavy atom. The van der Waals surface area contributed by atoms with E-state index in [9.17, 15) is 17.6 Å². The van der Waals surface area contributed by atoms with E-state index in [-0.39, 0.29) is 5.75 Å². The topological polar surface area (TPSA) is 63.2 Å². The number of nitrogens with one attached hydrogen (secondary N) is 1. The molecule has 0 radical (unpaired) electrons. The number of hydrogen-bond donors (Lipinski definition) is 1. The van der Waals surface area contributed by atoms with Gasteiger partial charge in [-0.15, -0.1) is 0 Å². The molecule has 1 aliphatic heterocycles. The Labute approximate surface area is 119 Å². The second-order valence-electron chi connectivity index (χ2n) is 4.46. The molecule has 0 bridgehead atoms. The van der Waals surface area contributed by atoms with E-state index < -0.39 is 26.8 Å². The molecule has 1 N–H and O–H groups in total. The molecule has 4 nitrogen and oxygen atoms in total. The van der Waals surface area contributed by atoms with Crippen molar-refractivity contribution < 1.29 is 17.6 Å². The smallest absolute Gasteiger partial charge is 0.242 e. The van der Waals surface area contributed by atoms with Gasteiger partial charge < -0.3 is 5.32 Å². The van der Waals surface area contributed by atoms with Crippen LogP contribution in [0.2, 0.25) is 0 Å². The van der Waals surface area contributed by atoms with E-state index in [2.05, 4.69) is 21.2 Å². The Morgan fingerprint density at radius 3 is 2.74 bits per heavy atom. The average Bonchev–Trinajstić information content (AvgIpc) is 2.32. The standard InChI is InChI=1S/C12H13BrFNO3S/c13-9-7-8(14)4-5-10(9)15-12(16)11-3-1-2-6-19(11,17)18/h4-5,7,11H,1-3,6H2,(H,15,16). The summed E-state index contributed by atoms with van der Waals surface area (Å²) in [7, 11) is -3.37. The molecule has 0 saturated carbocycles. The number of anilines is 1. The Hall–Kier alpha value is -0.950. The lowest BCUT2D eigenvalue weighted by Crippen LogP contribution is -2.39. The molecule has 19 heavy (non-hydrogen) atoms. The van der Waals surface area contributed by atoms with Gasteiger partial charge in [0.2, 0.25) is 5.91 Å². The van der Waals surface area contributed by atoms with E-state index in [1.807, 2.05) is 0 Å². The zero-order valence-electron chi connectivity index (χ0n) is 10.0. The quantitative estimate of drug-likeness (QED) is 0.891. The molecule has 0 spiro atoms. The van der Waals surface area contributed by atoms with Gasteiger partial charge in [0.15, 0.2) is 9.84 Å². The average molecular weight is 350 g/mol. The summed E-state index contributed by atoms with van der Waals surface area (Å²) in [5.74, 6) is -0.933. The number of benzene rings is 1. The van der Waals surface area contributed by atoms with Crippen molar-refractivity contribution in [3.63, 3.8) is 0 Å². The molecule has 1 amide bonds. The first-order valence-electron chi connectivity index (χ1n) is 5.87. The highest BCUT2D eigenvalue weighted by Crippen LogP contribution is 2.25.